The molecule has 1 atom stereocenters. The molecule has 0 aliphatic rings. The van der Waals surface area contributed by atoms with Crippen molar-refractivity contribution in [2.45, 2.75) is 38.1 Å². The first-order valence-electron chi connectivity index (χ1n) is 8.91. The monoisotopic (exact) mass is 394 g/mol. The van der Waals surface area contributed by atoms with Crippen LogP contribution in [0.4, 0.5) is 5.69 Å². The van der Waals surface area contributed by atoms with Gasteiger partial charge in [-0.15, -0.1) is 10.2 Å². The second-order valence-electron chi connectivity index (χ2n) is 6.66. The number of hydrogen-bond donors (Lipinski definition) is 1. The van der Waals surface area contributed by atoms with Crippen LogP contribution in [-0.2, 0) is 4.79 Å². The standard InChI is InChI=1S/C21H22N4O2S/c1-13-5-10-19(14(2)11-13)25-12-22-24-21(25)28-15(3)20(27)17-6-8-18(9-7-17)23-16(4)26/h5-12,15H,1-4H3,(H,23,26). The zero-order valence-electron chi connectivity index (χ0n) is 16.3. The van der Waals surface area contributed by atoms with Crippen LogP contribution in [0.1, 0.15) is 35.3 Å². The SMILES string of the molecule is CC(=O)Nc1ccc(C(=O)C(C)Sc2nncn2-c2ccc(C)cc2C)cc1. The van der Waals surface area contributed by atoms with Crippen LogP contribution in [0.3, 0.4) is 0 Å². The van der Waals surface area contributed by atoms with Crippen molar-refractivity contribution < 1.29 is 9.59 Å². The molecule has 7 heteroatoms. The van der Waals surface area contributed by atoms with Gasteiger partial charge in [-0.25, -0.2) is 0 Å². The second-order valence-corrected chi connectivity index (χ2v) is 7.96. The first-order valence-corrected chi connectivity index (χ1v) is 9.79. The molecule has 6 nitrogen and oxygen atoms in total. The predicted octanol–water partition coefficient (Wildman–Crippen LogP) is 4.21. The highest BCUT2D eigenvalue weighted by molar-refractivity contribution is 8.00. The lowest BCUT2D eigenvalue weighted by molar-refractivity contribution is -0.114. The maximum atomic E-state index is 12.8. The Bertz CT molecular complexity index is 1010. The number of carbonyl (C=O) groups excluding carboxylic acids is 2. The van der Waals surface area contributed by atoms with Gasteiger partial charge in [0.1, 0.15) is 6.33 Å². The number of Topliss-reactive ketones (excluding diaryl/α,β-unsaturated/α-hetero) is 1. The first-order chi connectivity index (χ1) is 13.3. The van der Waals surface area contributed by atoms with E-state index >= 15 is 0 Å². The highest BCUT2D eigenvalue weighted by atomic mass is 32.2. The fourth-order valence-corrected chi connectivity index (χ4v) is 3.83. The van der Waals surface area contributed by atoms with Crippen LogP contribution in [0, 0.1) is 13.8 Å². The highest BCUT2D eigenvalue weighted by Gasteiger charge is 2.20. The highest BCUT2D eigenvalue weighted by Crippen LogP contribution is 2.27. The van der Waals surface area contributed by atoms with Crippen LogP contribution in [0.5, 0.6) is 0 Å². The zero-order chi connectivity index (χ0) is 20.3. The van der Waals surface area contributed by atoms with Crippen molar-refractivity contribution in [3.05, 3.63) is 65.5 Å². The fraction of sp³-hybridized carbons (Fsp3) is 0.238. The summed E-state index contributed by atoms with van der Waals surface area (Å²) in [6.07, 6.45) is 1.67. The predicted molar refractivity (Wildman–Crippen MR) is 111 cm³/mol. The van der Waals surface area contributed by atoms with Gasteiger partial charge >= 0.3 is 0 Å². The lowest BCUT2D eigenvalue weighted by atomic mass is 10.1. The van der Waals surface area contributed by atoms with Gasteiger partial charge in [0.2, 0.25) is 5.91 Å². The summed E-state index contributed by atoms with van der Waals surface area (Å²) < 4.78 is 1.91. The lowest BCUT2D eigenvalue weighted by Gasteiger charge is -2.13. The Kier molecular flexibility index (Phi) is 5.94. The molecule has 2 aromatic carbocycles. The summed E-state index contributed by atoms with van der Waals surface area (Å²) in [6.45, 7) is 7.40. The number of anilines is 1. The molecular weight excluding hydrogens is 372 g/mol. The number of thioether (sulfide) groups is 1. The Morgan fingerprint density at radius 3 is 2.46 bits per heavy atom. The summed E-state index contributed by atoms with van der Waals surface area (Å²) >= 11 is 1.37. The van der Waals surface area contributed by atoms with E-state index in [4.69, 9.17) is 0 Å². The molecule has 0 saturated carbocycles. The average molecular weight is 395 g/mol. The van der Waals surface area contributed by atoms with Crippen LogP contribution in [0.2, 0.25) is 0 Å². The number of hydrogen-bond acceptors (Lipinski definition) is 5. The topological polar surface area (TPSA) is 76.9 Å². The number of aryl methyl sites for hydroxylation is 2. The molecule has 1 unspecified atom stereocenters. The van der Waals surface area contributed by atoms with E-state index in [2.05, 4.69) is 28.5 Å². The molecule has 1 amide bonds. The number of nitrogens with one attached hydrogen (secondary N) is 1. The largest absolute Gasteiger partial charge is 0.326 e. The molecule has 1 N–H and O–H groups in total. The third-order valence-corrected chi connectivity index (χ3v) is 5.33. The Morgan fingerprint density at radius 1 is 1.11 bits per heavy atom. The maximum Gasteiger partial charge on any atom is 0.221 e. The van der Waals surface area contributed by atoms with Crippen molar-refractivity contribution in [2.24, 2.45) is 0 Å². The van der Waals surface area contributed by atoms with Crippen LogP contribution < -0.4 is 5.32 Å². The molecular formula is C21H22N4O2S. The van der Waals surface area contributed by atoms with E-state index in [1.54, 1.807) is 30.6 Å². The molecule has 1 aromatic heterocycles. The molecule has 0 spiro atoms. The summed E-state index contributed by atoms with van der Waals surface area (Å²) in [5.74, 6) is -0.150. The quantitative estimate of drug-likeness (QED) is 0.501. The smallest absolute Gasteiger partial charge is 0.221 e. The van der Waals surface area contributed by atoms with Gasteiger partial charge in [-0.1, -0.05) is 29.5 Å². The molecule has 3 aromatic rings. The van der Waals surface area contributed by atoms with E-state index in [0.717, 1.165) is 11.3 Å². The molecule has 3 rings (SSSR count). The number of benzene rings is 2. The Hall–Kier alpha value is -2.93. The summed E-state index contributed by atoms with van der Waals surface area (Å²) in [7, 11) is 0. The number of carbonyl (C=O) groups is 2. The molecule has 0 radical (unpaired) electrons. The van der Waals surface area contributed by atoms with Gasteiger partial charge in [-0.2, -0.15) is 0 Å². The van der Waals surface area contributed by atoms with Gasteiger partial charge in [0.15, 0.2) is 10.9 Å². The van der Waals surface area contributed by atoms with E-state index in [0.29, 0.717) is 16.4 Å². The van der Waals surface area contributed by atoms with Gasteiger partial charge in [-0.05, 0) is 56.7 Å². The minimum atomic E-state index is -0.333. The minimum Gasteiger partial charge on any atom is -0.326 e. The van der Waals surface area contributed by atoms with E-state index in [-0.39, 0.29) is 16.9 Å². The molecule has 144 valence electrons. The van der Waals surface area contributed by atoms with E-state index in [9.17, 15) is 9.59 Å². The van der Waals surface area contributed by atoms with E-state index in [1.807, 2.05) is 30.5 Å². The number of rotatable bonds is 6. The Balaban J connectivity index is 1.76. The summed E-state index contributed by atoms with van der Waals surface area (Å²) in [5.41, 5.74) is 4.56. The third-order valence-electron chi connectivity index (χ3n) is 4.27. The van der Waals surface area contributed by atoms with E-state index < -0.39 is 0 Å². The maximum absolute atomic E-state index is 12.8. The molecule has 0 aliphatic heterocycles. The van der Waals surface area contributed by atoms with Gasteiger partial charge in [0.25, 0.3) is 0 Å². The number of aromatic nitrogens is 3. The van der Waals surface area contributed by atoms with Crippen LogP contribution in [0.15, 0.2) is 53.9 Å². The summed E-state index contributed by atoms with van der Waals surface area (Å²) in [4.78, 5) is 23.9. The van der Waals surface area contributed by atoms with Gasteiger partial charge in [0, 0.05) is 18.2 Å². The Morgan fingerprint density at radius 2 is 1.82 bits per heavy atom. The second kappa shape index (κ2) is 8.39. The molecule has 0 aliphatic carbocycles. The van der Waals surface area contributed by atoms with Crippen molar-refractivity contribution in [3.63, 3.8) is 0 Å². The lowest BCUT2D eigenvalue weighted by Crippen LogP contribution is -2.15. The van der Waals surface area contributed by atoms with Crippen molar-refractivity contribution in [1.82, 2.24) is 14.8 Å². The van der Waals surface area contributed by atoms with Gasteiger partial charge in [-0.3, -0.25) is 14.2 Å². The van der Waals surface area contributed by atoms with Gasteiger partial charge in [0.05, 0.1) is 10.9 Å². The van der Waals surface area contributed by atoms with Crippen molar-refractivity contribution in [2.75, 3.05) is 5.32 Å². The Labute approximate surface area is 168 Å². The van der Waals surface area contributed by atoms with Crippen LogP contribution >= 0.6 is 11.8 Å². The first kappa shape index (κ1) is 19.8. The van der Waals surface area contributed by atoms with Crippen molar-refractivity contribution in [1.29, 1.82) is 0 Å². The van der Waals surface area contributed by atoms with Crippen LogP contribution in [0.25, 0.3) is 5.69 Å². The van der Waals surface area contributed by atoms with Gasteiger partial charge < -0.3 is 5.32 Å². The zero-order valence-corrected chi connectivity index (χ0v) is 17.1. The number of ketones is 1. The summed E-state index contributed by atoms with van der Waals surface area (Å²) in [5, 5.41) is 11.3. The third kappa shape index (κ3) is 4.48. The average Bonchev–Trinajstić information content (AvgIpc) is 3.09. The summed E-state index contributed by atoms with van der Waals surface area (Å²) in [6, 6.07) is 13.1. The number of nitrogens with zero attached hydrogens (tertiary/aromatic N) is 3. The molecule has 0 saturated heterocycles. The van der Waals surface area contributed by atoms with E-state index in [1.165, 1.54) is 24.2 Å². The van der Waals surface area contributed by atoms with Crippen LogP contribution in [-0.4, -0.2) is 31.7 Å². The van der Waals surface area contributed by atoms with Crippen molar-refractivity contribution in [3.8, 4) is 5.69 Å². The molecule has 0 fully saturated rings. The molecule has 0 bridgehead atoms. The minimum absolute atomic E-state index is 0.00504. The van der Waals surface area contributed by atoms with Crippen molar-refractivity contribution >= 4 is 29.1 Å². The molecule has 1 heterocycles. The fourth-order valence-electron chi connectivity index (χ4n) is 2.91. The number of amides is 1. The molecule has 28 heavy (non-hydrogen) atoms. The normalized spacial score (nSPS) is 11.9.